The Hall–Kier alpha value is -0.0800. The molecule has 3 aliphatic rings. The molecule has 0 amide bonds. The van der Waals surface area contributed by atoms with Crippen LogP contribution in [0.1, 0.15) is 65.2 Å². The van der Waals surface area contributed by atoms with Crippen LogP contribution in [0.15, 0.2) is 0 Å². The molecule has 0 bridgehead atoms. The van der Waals surface area contributed by atoms with Crippen LogP contribution in [0.3, 0.4) is 0 Å². The molecule has 2 unspecified atom stereocenters. The molecule has 2 heteroatoms. The Morgan fingerprint density at radius 1 is 1.05 bits per heavy atom. The smallest absolute Gasteiger partial charge is 0.0334 e. The van der Waals surface area contributed by atoms with E-state index in [4.69, 9.17) is 5.73 Å². The van der Waals surface area contributed by atoms with Gasteiger partial charge in [0.1, 0.15) is 0 Å². The van der Waals surface area contributed by atoms with Gasteiger partial charge in [0.25, 0.3) is 0 Å². The summed E-state index contributed by atoms with van der Waals surface area (Å²) in [6, 6.07) is 0. The second-order valence-corrected chi connectivity index (χ2v) is 8.18. The van der Waals surface area contributed by atoms with Crippen molar-refractivity contribution in [1.82, 2.24) is 5.32 Å². The summed E-state index contributed by atoms with van der Waals surface area (Å²) >= 11 is 0. The highest BCUT2D eigenvalue weighted by atomic mass is 15.0. The van der Waals surface area contributed by atoms with Crippen LogP contribution >= 0.6 is 0 Å². The molecule has 116 valence electrons. The van der Waals surface area contributed by atoms with E-state index in [0.29, 0.717) is 0 Å². The summed E-state index contributed by atoms with van der Waals surface area (Å²) < 4.78 is 0. The van der Waals surface area contributed by atoms with Gasteiger partial charge in [-0.25, -0.2) is 0 Å². The van der Waals surface area contributed by atoms with Gasteiger partial charge >= 0.3 is 0 Å². The van der Waals surface area contributed by atoms with Crippen molar-refractivity contribution in [1.29, 1.82) is 0 Å². The Labute approximate surface area is 125 Å². The first-order valence-electron chi connectivity index (χ1n) is 9.11. The highest BCUT2D eigenvalue weighted by Crippen LogP contribution is 2.49. The first-order chi connectivity index (χ1) is 9.66. The minimum atomic E-state index is 0.244. The lowest BCUT2D eigenvalue weighted by atomic mass is 9.67. The van der Waals surface area contributed by atoms with Gasteiger partial charge in [-0.1, -0.05) is 26.7 Å². The summed E-state index contributed by atoms with van der Waals surface area (Å²) in [6.45, 7) is 6.86. The molecule has 3 rings (SSSR count). The van der Waals surface area contributed by atoms with Gasteiger partial charge in [0.2, 0.25) is 0 Å². The van der Waals surface area contributed by atoms with Gasteiger partial charge in [-0.3, -0.25) is 0 Å². The Bertz CT molecular complexity index is 307. The van der Waals surface area contributed by atoms with Gasteiger partial charge in [0.05, 0.1) is 0 Å². The molecule has 0 spiro atoms. The molecule has 0 aromatic heterocycles. The van der Waals surface area contributed by atoms with Crippen molar-refractivity contribution in [2.24, 2.45) is 35.3 Å². The van der Waals surface area contributed by atoms with Crippen molar-refractivity contribution in [2.75, 3.05) is 13.1 Å². The Morgan fingerprint density at radius 2 is 1.70 bits per heavy atom. The first kappa shape index (κ1) is 14.8. The second kappa shape index (κ2) is 5.96. The number of nitrogens with two attached hydrogens (primary N) is 1. The standard InChI is InChI=1S/C18H34N2/c1-13(2)17-5-3-4-10-18(17,12-19)20-11-16(14-6-7-14)15-8-9-15/h13-17,20H,3-12,19H2,1-2H3. The van der Waals surface area contributed by atoms with E-state index in [2.05, 4.69) is 19.2 Å². The van der Waals surface area contributed by atoms with E-state index in [1.54, 1.807) is 0 Å². The SMILES string of the molecule is CC(C)C1CCCCC1(CN)NCC(C1CC1)C1CC1. The molecule has 0 aromatic rings. The van der Waals surface area contributed by atoms with Gasteiger partial charge in [-0.05, 0) is 74.7 Å². The zero-order valence-electron chi connectivity index (χ0n) is 13.5. The molecule has 2 atom stereocenters. The van der Waals surface area contributed by atoms with Crippen LogP contribution in [0.2, 0.25) is 0 Å². The van der Waals surface area contributed by atoms with Gasteiger partial charge in [-0.2, -0.15) is 0 Å². The van der Waals surface area contributed by atoms with E-state index in [-0.39, 0.29) is 5.54 Å². The third kappa shape index (κ3) is 3.06. The van der Waals surface area contributed by atoms with Crippen molar-refractivity contribution in [3.8, 4) is 0 Å². The van der Waals surface area contributed by atoms with E-state index < -0.39 is 0 Å². The average Bonchev–Trinajstić information content (AvgIpc) is 3.32. The quantitative estimate of drug-likeness (QED) is 0.747. The maximum absolute atomic E-state index is 6.27. The third-order valence-corrected chi connectivity index (χ3v) is 6.41. The molecule has 20 heavy (non-hydrogen) atoms. The molecule has 0 saturated heterocycles. The van der Waals surface area contributed by atoms with Crippen LogP contribution in [0.4, 0.5) is 0 Å². The van der Waals surface area contributed by atoms with Crippen LogP contribution in [0, 0.1) is 29.6 Å². The fourth-order valence-corrected chi connectivity index (χ4v) is 4.87. The molecule has 3 N–H and O–H groups in total. The predicted molar refractivity (Wildman–Crippen MR) is 85.5 cm³/mol. The molecule has 0 radical (unpaired) electrons. The fraction of sp³-hybridized carbons (Fsp3) is 1.00. The summed E-state index contributed by atoms with van der Waals surface area (Å²) in [5, 5.41) is 4.03. The van der Waals surface area contributed by atoms with E-state index in [1.807, 2.05) is 0 Å². The Balaban J connectivity index is 1.64. The number of hydrogen-bond acceptors (Lipinski definition) is 2. The zero-order valence-corrected chi connectivity index (χ0v) is 13.5. The molecular formula is C18H34N2. The monoisotopic (exact) mass is 278 g/mol. The lowest BCUT2D eigenvalue weighted by Crippen LogP contribution is -2.60. The Morgan fingerprint density at radius 3 is 2.20 bits per heavy atom. The highest BCUT2D eigenvalue weighted by molar-refractivity contribution is 5.01. The van der Waals surface area contributed by atoms with Gasteiger partial charge in [0.15, 0.2) is 0 Å². The van der Waals surface area contributed by atoms with Crippen molar-refractivity contribution in [2.45, 2.75) is 70.8 Å². The Kier molecular flexibility index (Phi) is 4.42. The number of rotatable bonds is 7. The minimum absolute atomic E-state index is 0.244. The zero-order chi connectivity index (χ0) is 14.2. The van der Waals surface area contributed by atoms with Gasteiger partial charge in [0, 0.05) is 12.1 Å². The third-order valence-electron chi connectivity index (χ3n) is 6.41. The van der Waals surface area contributed by atoms with Gasteiger partial charge < -0.3 is 11.1 Å². The van der Waals surface area contributed by atoms with Crippen molar-refractivity contribution < 1.29 is 0 Å². The van der Waals surface area contributed by atoms with Crippen LogP contribution in [0.5, 0.6) is 0 Å². The number of nitrogens with one attached hydrogen (secondary N) is 1. The molecule has 0 heterocycles. The van der Waals surface area contributed by atoms with Crippen LogP contribution in [-0.2, 0) is 0 Å². The predicted octanol–water partition coefficient (Wildman–Crippen LogP) is 3.56. The topological polar surface area (TPSA) is 38.0 Å². The van der Waals surface area contributed by atoms with Crippen molar-refractivity contribution >= 4 is 0 Å². The summed E-state index contributed by atoms with van der Waals surface area (Å²) in [5.41, 5.74) is 6.52. The van der Waals surface area contributed by atoms with E-state index in [0.717, 1.165) is 36.1 Å². The van der Waals surface area contributed by atoms with E-state index in [9.17, 15) is 0 Å². The average molecular weight is 278 g/mol. The summed E-state index contributed by atoms with van der Waals surface area (Å²) in [7, 11) is 0. The molecule has 0 aliphatic heterocycles. The van der Waals surface area contributed by atoms with Crippen LogP contribution in [0.25, 0.3) is 0 Å². The van der Waals surface area contributed by atoms with Crippen molar-refractivity contribution in [3.63, 3.8) is 0 Å². The minimum Gasteiger partial charge on any atom is -0.329 e. The molecule has 0 aromatic carbocycles. The molecule has 3 aliphatic carbocycles. The van der Waals surface area contributed by atoms with E-state index >= 15 is 0 Å². The summed E-state index contributed by atoms with van der Waals surface area (Å²) in [4.78, 5) is 0. The van der Waals surface area contributed by atoms with Gasteiger partial charge in [-0.15, -0.1) is 0 Å². The lowest BCUT2D eigenvalue weighted by Gasteiger charge is -2.47. The van der Waals surface area contributed by atoms with E-state index in [1.165, 1.54) is 57.9 Å². The van der Waals surface area contributed by atoms with Crippen molar-refractivity contribution in [3.05, 3.63) is 0 Å². The number of hydrogen-bond donors (Lipinski definition) is 2. The lowest BCUT2D eigenvalue weighted by molar-refractivity contribution is 0.100. The molecule has 3 fully saturated rings. The highest BCUT2D eigenvalue weighted by Gasteiger charge is 2.45. The largest absolute Gasteiger partial charge is 0.329 e. The second-order valence-electron chi connectivity index (χ2n) is 8.18. The maximum Gasteiger partial charge on any atom is 0.0334 e. The summed E-state index contributed by atoms with van der Waals surface area (Å²) in [6.07, 6.45) is 11.4. The fourth-order valence-electron chi connectivity index (χ4n) is 4.87. The van der Waals surface area contributed by atoms with Crippen LogP contribution < -0.4 is 11.1 Å². The van der Waals surface area contributed by atoms with Crippen LogP contribution in [-0.4, -0.2) is 18.6 Å². The maximum atomic E-state index is 6.27. The molecular weight excluding hydrogens is 244 g/mol. The normalized spacial score (nSPS) is 35.0. The molecule has 3 saturated carbocycles. The molecule has 2 nitrogen and oxygen atoms in total. The first-order valence-corrected chi connectivity index (χ1v) is 9.11. The summed E-state index contributed by atoms with van der Waals surface area (Å²) in [5.74, 6) is 4.59.